The predicted octanol–water partition coefficient (Wildman–Crippen LogP) is 6.08. The molecule has 1 aliphatic carbocycles. The van der Waals surface area contributed by atoms with Crippen LogP contribution in [0.4, 0.5) is 4.79 Å². The highest BCUT2D eigenvalue weighted by Crippen LogP contribution is 2.44. The Hall–Kier alpha value is -2.20. The number of aryl methyl sites for hydroxylation is 1. The van der Waals surface area contributed by atoms with Crippen molar-refractivity contribution in [1.82, 2.24) is 5.32 Å². The number of carboxylic acid groups (broad SMARTS) is 1. The van der Waals surface area contributed by atoms with Gasteiger partial charge in [-0.25, -0.2) is 4.79 Å². The van der Waals surface area contributed by atoms with Gasteiger partial charge in [0.15, 0.2) is 0 Å². The number of carbonyl (C=O) groups is 1. The van der Waals surface area contributed by atoms with Crippen LogP contribution in [-0.2, 0) is 6.42 Å². The molecule has 4 nitrogen and oxygen atoms in total. The molecule has 0 radical (unpaired) electrons. The number of ether oxygens (including phenoxy) is 1. The minimum absolute atomic E-state index is 0.0686. The van der Waals surface area contributed by atoms with Gasteiger partial charge in [0.1, 0.15) is 5.75 Å². The maximum Gasteiger partial charge on any atom is 0.405 e. The quantitative estimate of drug-likeness (QED) is 0.668. The molecule has 0 saturated heterocycles. The van der Waals surface area contributed by atoms with E-state index in [1.165, 1.54) is 5.56 Å². The van der Waals surface area contributed by atoms with Gasteiger partial charge < -0.3 is 15.2 Å². The molecule has 0 spiro atoms. The molecule has 0 saturated carbocycles. The first-order valence-corrected chi connectivity index (χ1v) is 9.64. The number of amides is 1. The topological polar surface area (TPSA) is 58.6 Å². The SMILES string of the molecule is CC(C)Oc1ccc(-c2ccc3c(c2)CCC(C)(C)[C@@H]3NC(=O)O)cc1Cl. The van der Waals surface area contributed by atoms with Crippen LogP contribution in [0.15, 0.2) is 36.4 Å². The van der Waals surface area contributed by atoms with Gasteiger partial charge in [-0.1, -0.05) is 49.7 Å². The summed E-state index contributed by atoms with van der Waals surface area (Å²) in [6, 6.07) is 11.8. The first-order chi connectivity index (χ1) is 12.7. The van der Waals surface area contributed by atoms with E-state index in [4.69, 9.17) is 16.3 Å². The molecule has 3 rings (SSSR count). The highest BCUT2D eigenvalue weighted by atomic mass is 35.5. The summed E-state index contributed by atoms with van der Waals surface area (Å²) in [4.78, 5) is 11.3. The third-order valence-corrected chi connectivity index (χ3v) is 5.47. The molecule has 0 fully saturated rings. The molecule has 2 aromatic carbocycles. The second-order valence-electron chi connectivity index (χ2n) is 8.10. The molecule has 1 amide bonds. The summed E-state index contributed by atoms with van der Waals surface area (Å²) >= 11 is 6.38. The molecule has 1 atom stereocenters. The molecule has 2 N–H and O–H groups in total. The van der Waals surface area contributed by atoms with E-state index in [9.17, 15) is 9.90 Å². The van der Waals surface area contributed by atoms with Crippen molar-refractivity contribution in [3.63, 3.8) is 0 Å². The lowest BCUT2D eigenvalue weighted by Gasteiger charge is -2.40. The highest BCUT2D eigenvalue weighted by Gasteiger charge is 2.37. The molecule has 2 aromatic rings. The van der Waals surface area contributed by atoms with Gasteiger partial charge in [-0.3, -0.25) is 0 Å². The number of nitrogens with one attached hydrogen (secondary N) is 1. The average molecular weight is 388 g/mol. The Morgan fingerprint density at radius 3 is 2.52 bits per heavy atom. The van der Waals surface area contributed by atoms with Crippen LogP contribution in [0, 0.1) is 5.41 Å². The molecule has 0 bridgehead atoms. The molecule has 0 unspecified atom stereocenters. The van der Waals surface area contributed by atoms with Gasteiger partial charge in [-0.05, 0) is 66.5 Å². The van der Waals surface area contributed by atoms with Crippen molar-refractivity contribution in [3.8, 4) is 16.9 Å². The Labute approximate surface area is 165 Å². The molecule has 144 valence electrons. The predicted molar refractivity (Wildman–Crippen MR) is 109 cm³/mol. The van der Waals surface area contributed by atoms with Crippen molar-refractivity contribution >= 4 is 17.7 Å². The first-order valence-electron chi connectivity index (χ1n) is 9.26. The zero-order chi connectivity index (χ0) is 19.8. The van der Waals surface area contributed by atoms with Crippen LogP contribution in [-0.4, -0.2) is 17.3 Å². The lowest BCUT2D eigenvalue weighted by atomic mass is 9.70. The molecule has 0 heterocycles. The van der Waals surface area contributed by atoms with E-state index in [1.54, 1.807) is 0 Å². The molecule has 1 aliphatic rings. The van der Waals surface area contributed by atoms with Crippen LogP contribution < -0.4 is 10.1 Å². The van der Waals surface area contributed by atoms with E-state index >= 15 is 0 Å². The van der Waals surface area contributed by atoms with Crippen LogP contribution in [0.25, 0.3) is 11.1 Å². The van der Waals surface area contributed by atoms with E-state index in [0.717, 1.165) is 29.5 Å². The van der Waals surface area contributed by atoms with E-state index in [-0.39, 0.29) is 17.6 Å². The lowest BCUT2D eigenvalue weighted by Crippen LogP contribution is -2.40. The Morgan fingerprint density at radius 2 is 1.89 bits per heavy atom. The van der Waals surface area contributed by atoms with Gasteiger partial charge in [0.25, 0.3) is 0 Å². The molecule has 27 heavy (non-hydrogen) atoms. The fourth-order valence-electron chi connectivity index (χ4n) is 3.73. The largest absolute Gasteiger partial charge is 0.489 e. The summed E-state index contributed by atoms with van der Waals surface area (Å²) < 4.78 is 5.70. The Bertz CT molecular complexity index is 861. The van der Waals surface area contributed by atoms with Crippen LogP contribution in [0.2, 0.25) is 5.02 Å². The summed E-state index contributed by atoms with van der Waals surface area (Å²) in [5, 5.41) is 12.5. The van der Waals surface area contributed by atoms with Crippen molar-refractivity contribution in [2.24, 2.45) is 5.41 Å². The van der Waals surface area contributed by atoms with Gasteiger partial charge in [-0.15, -0.1) is 0 Å². The minimum Gasteiger partial charge on any atom is -0.489 e. The average Bonchev–Trinajstić information content (AvgIpc) is 2.58. The maximum atomic E-state index is 11.3. The maximum absolute atomic E-state index is 11.3. The summed E-state index contributed by atoms with van der Waals surface area (Å²) in [5.74, 6) is 0.681. The van der Waals surface area contributed by atoms with Gasteiger partial charge >= 0.3 is 6.09 Å². The number of rotatable bonds is 4. The fraction of sp³-hybridized carbons (Fsp3) is 0.409. The minimum atomic E-state index is -0.988. The van der Waals surface area contributed by atoms with Crippen LogP contribution in [0.3, 0.4) is 0 Å². The monoisotopic (exact) mass is 387 g/mol. The normalized spacial score (nSPS) is 18.1. The van der Waals surface area contributed by atoms with E-state index in [0.29, 0.717) is 10.8 Å². The smallest absolute Gasteiger partial charge is 0.405 e. The first kappa shape index (κ1) is 19.6. The van der Waals surface area contributed by atoms with Gasteiger partial charge in [-0.2, -0.15) is 0 Å². The molecular weight excluding hydrogens is 362 g/mol. The second kappa shape index (κ2) is 7.43. The lowest BCUT2D eigenvalue weighted by molar-refractivity contribution is 0.161. The zero-order valence-electron chi connectivity index (χ0n) is 16.2. The summed E-state index contributed by atoms with van der Waals surface area (Å²) in [6.45, 7) is 8.16. The van der Waals surface area contributed by atoms with Crippen molar-refractivity contribution < 1.29 is 14.6 Å². The fourth-order valence-corrected chi connectivity index (χ4v) is 3.96. The summed E-state index contributed by atoms with van der Waals surface area (Å²) in [5.41, 5.74) is 4.21. The molecular formula is C22H26ClNO3. The second-order valence-corrected chi connectivity index (χ2v) is 8.50. The Balaban J connectivity index is 1.95. The van der Waals surface area contributed by atoms with Gasteiger partial charge in [0, 0.05) is 0 Å². The van der Waals surface area contributed by atoms with Crippen molar-refractivity contribution in [2.75, 3.05) is 0 Å². The van der Waals surface area contributed by atoms with Gasteiger partial charge in [0.05, 0.1) is 17.2 Å². The zero-order valence-corrected chi connectivity index (χ0v) is 16.9. The van der Waals surface area contributed by atoms with Gasteiger partial charge in [0.2, 0.25) is 0 Å². The number of fused-ring (bicyclic) bond motifs is 1. The molecule has 5 heteroatoms. The van der Waals surface area contributed by atoms with Crippen molar-refractivity contribution in [3.05, 3.63) is 52.5 Å². The Morgan fingerprint density at radius 1 is 1.22 bits per heavy atom. The van der Waals surface area contributed by atoms with Crippen molar-refractivity contribution in [2.45, 2.75) is 52.7 Å². The Kier molecular flexibility index (Phi) is 5.38. The van der Waals surface area contributed by atoms with Crippen LogP contribution >= 0.6 is 11.6 Å². The number of hydrogen-bond donors (Lipinski definition) is 2. The molecule has 0 aromatic heterocycles. The van der Waals surface area contributed by atoms with Crippen LogP contribution in [0.1, 0.15) is 51.3 Å². The standard InChI is InChI=1S/C22H26ClNO3/c1-13(2)27-19-8-6-15(12-18(19)23)14-5-7-17-16(11-14)9-10-22(3,4)20(17)24-21(25)26/h5-8,11-13,20,24H,9-10H2,1-4H3,(H,25,26)/t20-/m1/s1. The number of hydrogen-bond acceptors (Lipinski definition) is 2. The van der Waals surface area contributed by atoms with Crippen molar-refractivity contribution in [1.29, 1.82) is 0 Å². The number of benzene rings is 2. The van der Waals surface area contributed by atoms with E-state index in [1.807, 2.05) is 44.2 Å². The molecule has 0 aliphatic heterocycles. The summed E-state index contributed by atoms with van der Waals surface area (Å²) in [6.07, 6.45) is 0.934. The number of halogens is 1. The summed E-state index contributed by atoms with van der Waals surface area (Å²) in [7, 11) is 0. The third kappa shape index (κ3) is 4.22. The van der Waals surface area contributed by atoms with E-state index in [2.05, 4.69) is 25.2 Å². The van der Waals surface area contributed by atoms with Crippen LogP contribution in [0.5, 0.6) is 5.75 Å². The third-order valence-electron chi connectivity index (χ3n) is 5.17. The highest BCUT2D eigenvalue weighted by molar-refractivity contribution is 6.32. The van der Waals surface area contributed by atoms with E-state index < -0.39 is 6.09 Å².